The molecular weight excluding hydrogens is 310 g/mol. The first kappa shape index (κ1) is 15.5. The molecule has 1 heterocycles. The number of rotatable bonds is 3. The molecular formula is C17H15N3O4. The predicted octanol–water partition coefficient (Wildman–Crippen LogP) is 3.52. The van der Waals surface area contributed by atoms with Crippen molar-refractivity contribution in [1.82, 2.24) is 4.57 Å². The summed E-state index contributed by atoms with van der Waals surface area (Å²) >= 11 is 0. The number of methoxy groups -OCH3 is 1. The number of phenols is 1. The zero-order chi connectivity index (χ0) is 17.3. The van der Waals surface area contributed by atoms with Crippen LogP contribution in [0.4, 0.5) is 5.69 Å². The van der Waals surface area contributed by atoms with Crippen LogP contribution in [0.25, 0.3) is 10.9 Å². The van der Waals surface area contributed by atoms with Crippen LogP contribution in [0, 0.1) is 0 Å². The third kappa shape index (κ3) is 2.67. The predicted molar refractivity (Wildman–Crippen MR) is 88.1 cm³/mol. The van der Waals surface area contributed by atoms with Crippen molar-refractivity contribution in [3.63, 3.8) is 0 Å². The first-order valence-corrected chi connectivity index (χ1v) is 7.11. The van der Waals surface area contributed by atoms with E-state index in [4.69, 9.17) is 4.74 Å². The molecule has 24 heavy (non-hydrogen) atoms. The minimum atomic E-state index is -0.575. The molecule has 1 aromatic heterocycles. The van der Waals surface area contributed by atoms with E-state index >= 15 is 0 Å². The molecule has 2 N–H and O–H groups in total. The molecule has 0 unspecified atom stereocenters. The van der Waals surface area contributed by atoms with Crippen LogP contribution in [0.1, 0.15) is 10.4 Å². The molecule has 2 aromatic carbocycles. The Hall–Kier alpha value is -3.35. The summed E-state index contributed by atoms with van der Waals surface area (Å²) in [6.45, 7) is 0. The lowest BCUT2D eigenvalue weighted by Crippen LogP contribution is -1.92. The summed E-state index contributed by atoms with van der Waals surface area (Å²) in [5, 5.41) is 27.7. The first-order chi connectivity index (χ1) is 11.5. The van der Waals surface area contributed by atoms with Crippen molar-refractivity contribution in [2.75, 3.05) is 7.11 Å². The number of hydrogen-bond donors (Lipinski definition) is 2. The van der Waals surface area contributed by atoms with E-state index in [1.807, 2.05) is 0 Å². The van der Waals surface area contributed by atoms with E-state index in [1.54, 1.807) is 36.9 Å². The van der Waals surface area contributed by atoms with E-state index in [9.17, 15) is 15.0 Å². The summed E-state index contributed by atoms with van der Waals surface area (Å²) in [4.78, 5) is 12.1. The van der Waals surface area contributed by atoms with E-state index in [0.29, 0.717) is 11.1 Å². The van der Waals surface area contributed by atoms with Gasteiger partial charge in [0.15, 0.2) is 5.69 Å². The molecule has 0 radical (unpaired) electrons. The van der Waals surface area contributed by atoms with Crippen LogP contribution in [0.15, 0.2) is 52.7 Å². The lowest BCUT2D eigenvalue weighted by atomic mass is 10.2. The van der Waals surface area contributed by atoms with Gasteiger partial charge in [0, 0.05) is 18.0 Å². The van der Waals surface area contributed by atoms with Gasteiger partial charge in [0.2, 0.25) is 5.88 Å². The molecule has 0 fully saturated rings. The highest BCUT2D eigenvalue weighted by Crippen LogP contribution is 2.39. The van der Waals surface area contributed by atoms with Gasteiger partial charge in [0.1, 0.15) is 11.5 Å². The van der Waals surface area contributed by atoms with Gasteiger partial charge in [-0.1, -0.05) is 0 Å². The zero-order valence-corrected chi connectivity index (χ0v) is 13.1. The Balaban J connectivity index is 2.01. The second-order valence-electron chi connectivity index (χ2n) is 5.17. The molecule has 0 aliphatic carbocycles. The third-order valence-corrected chi connectivity index (χ3v) is 3.70. The molecule has 122 valence electrons. The smallest absolute Gasteiger partial charge is 0.295 e. The van der Waals surface area contributed by atoms with Gasteiger partial charge >= 0.3 is 0 Å². The van der Waals surface area contributed by atoms with Gasteiger partial charge in [-0.15, -0.1) is 10.2 Å². The molecule has 0 bridgehead atoms. The van der Waals surface area contributed by atoms with Crippen molar-refractivity contribution in [3.8, 4) is 17.4 Å². The molecule has 0 saturated carbocycles. The number of amides is 1. The van der Waals surface area contributed by atoms with Crippen molar-refractivity contribution in [3.05, 3.63) is 48.0 Å². The lowest BCUT2D eigenvalue weighted by molar-refractivity contribution is 0.0995. The molecule has 3 aromatic rings. The summed E-state index contributed by atoms with van der Waals surface area (Å²) in [6, 6.07) is 10.9. The minimum Gasteiger partial charge on any atom is -0.508 e. The number of fused-ring (bicyclic) bond motifs is 1. The Labute approximate surface area is 137 Å². The van der Waals surface area contributed by atoms with Crippen LogP contribution in [0.5, 0.6) is 17.4 Å². The molecule has 0 saturated heterocycles. The summed E-state index contributed by atoms with van der Waals surface area (Å²) in [7, 11) is 3.23. The Morgan fingerprint density at radius 3 is 2.50 bits per heavy atom. The molecule has 0 spiro atoms. The van der Waals surface area contributed by atoms with Gasteiger partial charge in [-0.2, -0.15) is 0 Å². The summed E-state index contributed by atoms with van der Waals surface area (Å²) < 4.78 is 6.73. The SMILES string of the molecule is COc1ccc2c(c1)c(N=NC(=O)c1ccc(O)cc1)c(O)n2C. The van der Waals surface area contributed by atoms with E-state index in [-0.39, 0.29) is 22.9 Å². The van der Waals surface area contributed by atoms with Crippen molar-refractivity contribution >= 4 is 22.5 Å². The number of phenolic OH excluding ortho intramolecular Hbond substituents is 1. The summed E-state index contributed by atoms with van der Waals surface area (Å²) in [5.74, 6) is -0.00787. The normalized spacial score (nSPS) is 11.2. The molecule has 0 atom stereocenters. The standard InChI is InChI=1S/C17H15N3O4/c1-20-14-8-7-12(24-2)9-13(14)15(17(20)23)18-19-16(22)10-3-5-11(21)6-4-10/h3-9,21,23H,1-2H3. The maximum Gasteiger partial charge on any atom is 0.295 e. The Morgan fingerprint density at radius 2 is 1.83 bits per heavy atom. The van der Waals surface area contributed by atoms with Gasteiger partial charge in [0.05, 0.1) is 12.6 Å². The largest absolute Gasteiger partial charge is 0.508 e. The van der Waals surface area contributed by atoms with E-state index in [0.717, 1.165) is 5.52 Å². The quantitative estimate of drug-likeness (QED) is 0.720. The van der Waals surface area contributed by atoms with Crippen LogP contribution >= 0.6 is 0 Å². The third-order valence-electron chi connectivity index (χ3n) is 3.70. The Bertz CT molecular complexity index is 943. The fraction of sp³-hybridized carbons (Fsp3) is 0.118. The second kappa shape index (κ2) is 6.04. The number of benzene rings is 2. The highest BCUT2D eigenvalue weighted by atomic mass is 16.5. The average molecular weight is 325 g/mol. The van der Waals surface area contributed by atoms with Crippen LogP contribution < -0.4 is 4.74 Å². The topological polar surface area (TPSA) is 96.4 Å². The number of aryl methyl sites for hydroxylation is 1. The molecule has 1 amide bonds. The van der Waals surface area contributed by atoms with E-state index in [1.165, 1.54) is 24.3 Å². The fourth-order valence-electron chi connectivity index (χ4n) is 2.37. The van der Waals surface area contributed by atoms with Gasteiger partial charge in [-0.3, -0.25) is 4.79 Å². The Kier molecular flexibility index (Phi) is 3.91. The van der Waals surface area contributed by atoms with Gasteiger partial charge in [-0.25, -0.2) is 0 Å². The number of carbonyl (C=O) groups is 1. The Morgan fingerprint density at radius 1 is 1.12 bits per heavy atom. The van der Waals surface area contributed by atoms with Gasteiger partial charge in [-0.05, 0) is 42.5 Å². The van der Waals surface area contributed by atoms with Crippen LogP contribution in [0.2, 0.25) is 0 Å². The van der Waals surface area contributed by atoms with Crippen molar-refractivity contribution in [1.29, 1.82) is 0 Å². The first-order valence-electron chi connectivity index (χ1n) is 7.11. The molecule has 0 aliphatic rings. The molecule has 7 heteroatoms. The second-order valence-corrected chi connectivity index (χ2v) is 5.17. The average Bonchev–Trinajstić information content (AvgIpc) is 2.84. The molecule has 7 nitrogen and oxygen atoms in total. The van der Waals surface area contributed by atoms with E-state index in [2.05, 4.69) is 10.2 Å². The summed E-state index contributed by atoms with van der Waals surface area (Å²) in [6.07, 6.45) is 0. The van der Waals surface area contributed by atoms with Crippen molar-refractivity contribution in [2.45, 2.75) is 0 Å². The van der Waals surface area contributed by atoms with Crippen molar-refractivity contribution in [2.24, 2.45) is 17.3 Å². The number of aromatic nitrogens is 1. The fourth-order valence-corrected chi connectivity index (χ4v) is 2.37. The molecule has 3 rings (SSSR count). The monoisotopic (exact) mass is 325 g/mol. The maximum absolute atomic E-state index is 12.1. The minimum absolute atomic E-state index is 0.0577. The van der Waals surface area contributed by atoms with E-state index < -0.39 is 5.91 Å². The van der Waals surface area contributed by atoms with Gasteiger partial charge < -0.3 is 19.5 Å². The highest BCUT2D eigenvalue weighted by Gasteiger charge is 2.15. The van der Waals surface area contributed by atoms with Crippen LogP contribution in [0.3, 0.4) is 0 Å². The number of nitrogens with zero attached hydrogens (tertiary/aromatic N) is 3. The number of carbonyl (C=O) groups excluding carboxylic acids is 1. The number of azo groups is 1. The lowest BCUT2D eigenvalue weighted by Gasteiger charge is -2.00. The van der Waals surface area contributed by atoms with Crippen molar-refractivity contribution < 1.29 is 19.7 Å². The molecule has 0 aliphatic heterocycles. The van der Waals surface area contributed by atoms with Gasteiger partial charge in [0.25, 0.3) is 5.91 Å². The van der Waals surface area contributed by atoms with Crippen LogP contribution in [-0.2, 0) is 7.05 Å². The number of aromatic hydroxyl groups is 2. The number of ether oxygens (including phenoxy) is 1. The zero-order valence-electron chi connectivity index (χ0n) is 13.1. The maximum atomic E-state index is 12.1. The van der Waals surface area contributed by atoms with Crippen LogP contribution in [-0.4, -0.2) is 27.8 Å². The highest BCUT2D eigenvalue weighted by molar-refractivity contribution is 5.97. The summed E-state index contributed by atoms with van der Waals surface area (Å²) in [5.41, 5.74) is 1.21. The number of hydrogen-bond acceptors (Lipinski definition) is 5.